The van der Waals surface area contributed by atoms with E-state index in [1.165, 1.54) is 22.3 Å². The summed E-state index contributed by atoms with van der Waals surface area (Å²) in [7, 11) is 0. The van der Waals surface area contributed by atoms with Gasteiger partial charge in [0.1, 0.15) is 0 Å². The number of piperazine rings is 1. The molecule has 158 valence electrons. The number of rotatable bonds is 7. The van der Waals surface area contributed by atoms with E-state index in [0.29, 0.717) is 6.04 Å². The fourth-order valence-corrected chi connectivity index (χ4v) is 4.40. The van der Waals surface area contributed by atoms with Crippen molar-refractivity contribution >= 4 is 0 Å². The molecule has 0 radical (unpaired) electrons. The van der Waals surface area contributed by atoms with Gasteiger partial charge in [0.15, 0.2) is 0 Å². The summed E-state index contributed by atoms with van der Waals surface area (Å²) in [6.45, 7) is 9.59. The highest BCUT2D eigenvalue weighted by molar-refractivity contribution is 5.39. The molecule has 2 aromatic carbocycles. The van der Waals surface area contributed by atoms with Gasteiger partial charge in [-0.1, -0.05) is 30.3 Å². The van der Waals surface area contributed by atoms with E-state index in [2.05, 4.69) is 71.2 Å². The van der Waals surface area contributed by atoms with Gasteiger partial charge in [-0.05, 0) is 60.7 Å². The minimum Gasteiger partial charge on any atom is -0.396 e. The standard InChI is InChI=1S/C25H32N4O/c1-20-6-3-4-7-22(20)18-28-14-13-27(19-25(28)10-15-30)17-23-8-9-24(16-21(23)2)29-12-5-11-26-29/h3-9,11-12,16,25,30H,10,13-15,17-19H2,1-2H3/t25-/m1/s1. The third kappa shape index (κ3) is 4.81. The Balaban J connectivity index is 1.42. The van der Waals surface area contributed by atoms with Crippen molar-refractivity contribution in [2.45, 2.75) is 39.4 Å². The minimum absolute atomic E-state index is 0.236. The predicted molar refractivity (Wildman–Crippen MR) is 121 cm³/mol. The lowest BCUT2D eigenvalue weighted by Crippen LogP contribution is -2.52. The van der Waals surface area contributed by atoms with Crippen LogP contribution in [0, 0.1) is 13.8 Å². The van der Waals surface area contributed by atoms with Crippen molar-refractivity contribution < 1.29 is 5.11 Å². The Hall–Kier alpha value is -2.47. The monoisotopic (exact) mass is 404 g/mol. The maximum atomic E-state index is 9.64. The van der Waals surface area contributed by atoms with Crippen molar-refractivity contribution in [3.63, 3.8) is 0 Å². The predicted octanol–water partition coefficient (Wildman–Crippen LogP) is 3.56. The molecule has 2 heterocycles. The molecule has 1 fully saturated rings. The molecular weight excluding hydrogens is 372 g/mol. The number of hydrogen-bond donors (Lipinski definition) is 1. The van der Waals surface area contributed by atoms with Gasteiger partial charge < -0.3 is 5.11 Å². The van der Waals surface area contributed by atoms with Crippen LogP contribution in [0.2, 0.25) is 0 Å². The number of aliphatic hydroxyl groups is 1. The number of aryl methyl sites for hydroxylation is 2. The van der Waals surface area contributed by atoms with Crippen LogP contribution in [0.5, 0.6) is 0 Å². The van der Waals surface area contributed by atoms with Crippen molar-refractivity contribution in [3.05, 3.63) is 83.2 Å². The minimum atomic E-state index is 0.236. The van der Waals surface area contributed by atoms with E-state index in [1.807, 2.05) is 16.9 Å². The average molecular weight is 405 g/mol. The summed E-state index contributed by atoms with van der Waals surface area (Å²) in [5.41, 5.74) is 6.49. The van der Waals surface area contributed by atoms with Gasteiger partial charge in [-0.3, -0.25) is 9.80 Å². The van der Waals surface area contributed by atoms with E-state index in [9.17, 15) is 5.11 Å². The molecule has 30 heavy (non-hydrogen) atoms. The van der Waals surface area contributed by atoms with Gasteiger partial charge in [0.05, 0.1) is 5.69 Å². The highest BCUT2D eigenvalue weighted by Gasteiger charge is 2.27. The SMILES string of the molecule is Cc1cc(-n2cccn2)ccc1CN1CCN(Cc2ccccc2C)[C@H](CCO)C1. The molecule has 1 aliphatic heterocycles. The van der Waals surface area contributed by atoms with Crippen LogP contribution in [0.3, 0.4) is 0 Å². The van der Waals surface area contributed by atoms with Crippen molar-refractivity contribution in [3.8, 4) is 5.69 Å². The third-order valence-corrected chi connectivity index (χ3v) is 6.27. The lowest BCUT2D eigenvalue weighted by Gasteiger charge is -2.42. The summed E-state index contributed by atoms with van der Waals surface area (Å²) in [4.78, 5) is 5.08. The summed E-state index contributed by atoms with van der Waals surface area (Å²) in [5.74, 6) is 0. The summed E-state index contributed by atoms with van der Waals surface area (Å²) < 4.78 is 1.90. The molecule has 1 atom stereocenters. The largest absolute Gasteiger partial charge is 0.396 e. The van der Waals surface area contributed by atoms with Gasteiger partial charge >= 0.3 is 0 Å². The van der Waals surface area contributed by atoms with Crippen LogP contribution in [0.1, 0.15) is 28.7 Å². The highest BCUT2D eigenvalue weighted by Crippen LogP contribution is 2.22. The number of nitrogens with zero attached hydrogens (tertiary/aromatic N) is 4. The van der Waals surface area contributed by atoms with E-state index in [-0.39, 0.29) is 6.61 Å². The zero-order valence-electron chi connectivity index (χ0n) is 18.0. The van der Waals surface area contributed by atoms with Crippen LogP contribution in [0.15, 0.2) is 60.9 Å². The number of benzene rings is 2. The normalized spacial score (nSPS) is 18.0. The Morgan fingerprint density at radius 1 is 0.967 bits per heavy atom. The van der Waals surface area contributed by atoms with E-state index in [4.69, 9.17) is 0 Å². The number of hydrogen-bond acceptors (Lipinski definition) is 4. The van der Waals surface area contributed by atoms with Crippen molar-refractivity contribution in [1.29, 1.82) is 0 Å². The van der Waals surface area contributed by atoms with Gasteiger partial charge in [-0.15, -0.1) is 0 Å². The summed E-state index contributed by atoms with van der Waals surface area (Å²) in [6, 6.07) is 17.5. The van der Waals surface area contributed by atoms with Gasteiger partial charge in [0.25, 0.3) is 0 Å². The molecule has 5 heteroatoms. The zero-order valence-corrected chi connectivity index (χ0v) is 18.0. The molecule has 1 aromatic heterocycles. The lowest BCUT2D eigenvalue weighted by atomic mass is 10.0. The Morgan fingerprint density at radius 2 is 1.80 bits per heavy atom. The molecule has 0 saturated carbocycles. The van der Waals surface area contributed by atoms with Gasteiger partial charge in [0.2, 0.25) is 0 Å². The second-order valence-electron chi connectivity index (χ2n) is 8.36. The van der Waals surface area contributed by atoms with E-state index in [1.54, 1.807) is 6.20 Å². The summed E-state index contributed by atoms with van der Waals surface area (Å²) in [6.07, 6.45) is 4.60. The molecule has 0 unspecified atom stereocenters. The Labute approximate surface area is 179 Å². The first-order valence-corrected chi connectivity index (χ1v) is 10.9. The van der Waals surface area contributed by atoms with E-state index in [0.717, 1.165) is 44.8 Å². The van der Waals surface area contributed by atoms with Gasteiger partial charge in [-0.25, -0.2) is 4.68 Å². The van der Waals surface area contributed by atoms with Crippen LogP contribution >= 0.6 is 0 Å². The Kier molecular flexibility index (Phi) is 6.62. The van der Waals surface area contributed by atoms with Crippen molar-refractivity contribution in [2.75, 3.05) is 26.2 Å². The highest BCUT2D eigenvalue weighted by atomic mass is 16.3. The number of aromatic nitrogens is 2. The van der Waals surface area contributed by atoms with Gasteiger partial charge in [0, 0.05) is 57.8 Å². The number of aliphatic hydroxyl groups excluding tert-OH is 1. The van der Waals surface area contributed by atoms with E-state index >= 15 is 0 Å². The Morgan fingerprint density at radius 3 is 2.53 bits per heavy atom. The maximum Gasteiger partial charge on any atom is 0.0648 e. The fraction of sp³-hybridized carbons (Fsp3) is 0.400. The Bertz CT molecular complexity index is 954. The third-order valence-electron chi connectivity index (χ3n) is 6.27. The van der Waals surface area contributed by atoms with Crippen LogP contribution < -0.4 is 0 Å². The maximum absolute atomic E-state index is 9.64. The molecule has 0 amide bonds. The molecular formula is C25H32N4O. The molecule has 5 nitrogen and oxygen atoms in total. The zero-order chi connectivity index (χ0) is 20.9. The molecule has 1 aliphatic rings. The van der Waals surface area contributed by atoms with Crippen molar-refractivity contribution in [2.24, 2.45) is 0 Å². The molecule has 0 bridgehead atoms. The fourth-order valence-electron chi connectivity index (χ4n) is 4.40. The quantitative estimate of drug-likeness (QED) is 0.654. The molecule has 3 aromatic rings. The van der Waals surface area contributed by atoms with E-state index < -0.39 is 0 Å². The first-order chi connectivity index (χ1) is 14.6. The molecule has 1 N–H and O–H groups in total. The lowest BCUT2D eigenvalue weighted by molar-refractivity contribution is 0.0498. The van der Waals surface area contributed by atoms with Crippen LogP contribution in [-0.2, 0) is 13.1 Å². The van der Waals surface area contributed by atoms with Crippen molar-refractivity contribution in [1.82, 2.24) is 19.6 Å². The van der Waals surface area contributed by atoms with Gasteiger partial charge in [-0.2, -0.15) is 5.10 Å². The average Bonchev–Trinajstić information content (AvgIpc) is 3.28. The van der Waals surface area contributed by atoms with Crippen LogP contribution in [0.25, 0.3) is 5.69 Å². The second-order valence-corrected chi connectivity index (χ2v) is 8.36. The first kappa shape index (κ1) is 20.8. The second kappa shape index (κ2) is 9.56. The summed E-state index contributed by atoms with van der Waals surface area (Å²) in [5, 5.41) is 14.0. The van der Waals surface area contributed by atoms with Crippen LogP contribution in [0.4, 0.5) is 0 Å². The first-order valence-electron chi connectivity index (χ1n) is 10.9. The van der Waals surface area contributed by atoms with Crippen LogP contribution in [-0.4, -0.2) is 57.0 Å². The molecule has 0 spiro atoms. The molecule has 4 rings (SSSR count). The molecule has 1 saturated heterocycles. The summed E-state index contributed by atoms with van der Waals surface area (Å²) >= 11 is 0. The smallest absolute Gasteiger partial charge is 0.0648 e. The topological polar surface area (TPSA) is 44.5 Å². The molecule has 0 aliphatic carbocycles.